The van der Waals surface area contributed by atoms with E-state index in [1.54, 1.807) is 25.3 Å². The Labute approximate surface area is 236 Å². The van der Waals surface area contributed by atoms with E-state index in [4.69, 9.17) is 9.47 Å². The SMILES string of the molecule is COc1cc(/C=N/NC(=O)Cn2cnc3scc(-c4ccccc4)c3c2=O)ccc1OCc1ccc(Br)cc1. The van der Waals surface area contributed by atoms with Crippen LogP contribution in [0.1, 0.15) is 11.1 Å². The molecule has 10 heteroatoms. The predicted molar refractivity (Wildman–Crippen MR) is 157 cm³/mol. The third kappa shape index (κ3) is 6.24. The topological polar surface area (TPSA) is 94.8 Å². The molecule has 0 saturated heterocycles. The molecule has 0 saturated carbocycles. The molecule has 5 rings (SSSR count). The minimum absolute atomic E-state index is 0.213. The van der Waals surface area contributed by atoms with E-state index < -0.39 is 5.91 Å². The van der Waals surface area contributed by atoms with Gasteiger partial charge in [0.2, 0.25) is 0 Å². The number of fused-ring (bicyclic) bond motifs is 1. The number of hydrogen-bond acceptors (Lipinski definition) is 7. The van der Waals surface area contributed by atoms with Gasteiger partial charge in [-0.3, -0.25) is 14.2 Å². The van der Waals surface area contributed by atoms with Crippen molar-refractivity contribution in [1.82, 2.24) is 15.0 Å². The van der Waals surface area contributed by atoms with Crippen molar-refractivity contribution >= 4 is 49.6 Å². The molecule has 0 spiro atoms. The average molecular weight is 603 g/mol. The number of ether oxygens (including phenoxy) is 2. The molecule has 0 radical (unpaired) electrons. The highest BCUT2D eigenvalue weighted by molar-refractivity contribution is 9.10. The van der Waals surface area contributed by atoms with Crippen LogP contribution in [0.15, 0.2) is 98.9 Å². The monoisotopic (exact) mass is 602 g/mol. The minimum Gasteiger partial charge on any atom is -0.493 e. The molecule has 0 aliphatic heterocycles. The molecule has 3 aromatic carbocycles. The maximum absolute atomic E-state index is 13.2. The molecule has 5 aromatic rings. The summed E-state index contributed by atoms with van der Waals surface area (Å²) in [5.74, 6) is 0.679. The molecule has 0 atom stereocenters. The first-order valence-corrected chi connectivity index (χ1v) is 13.6. The number of nitrogens with one attached hydrogen (secondary N) is 1. The van der Waals surface area contributed by atoms with Crippen LogP contribution in [-0.2, 0) is 17.9 Å². The molecule has 0 unspecified atom stereocenters. The van der Waals surface area contributed by atoms with Crippen molar-refractivity contribution in [2.75, 3.05) is 7.11 Å². The molecule has 39 heavy (non-hydrogen) atoms. The molecule has 0 bridgehead atoms. The number of benzene rings is 3. The van der Waals surface area contributed by atoms with E-state index in [2.05, 4.69) is 31.4 Å². The normalized spacial score (nSPS) is 11.1. The van der Waals surface area contributed by atoms with Crippen LogP contribution < -0.4 is 20.5 Å². The van der Waals surface area contributed by atoms with Crippen LogP contribution in [0.2, 0.25) is 0 Å². The van der Waals surface area contributed by atoms with Crippen molar-refractivity contribution in [2.45, 2.75) is 13.2 Å². The Kier molecular flexibility index (Phi) is 8.14. The zero-order valence-electron chi connectivity index (χ0n) is 20.8. The summed E-state index contributed by atoms with van der Waals surface area (Å²) in [5.41, 5.74) is 5.65. The predicted octanol–water partition coefficient (Wildman–Crippen LogP) is 5.63. The number of halogens is 1. The summed E-state index contributed by atoms with van der Waals surface area (Å²) in [6.07, 6.45) is 2.88. The van der Waals surface area contributed by atoms with Crippen LogP contribution in [-0.4, -0.2) is 28.8 Å². The van der Waals surface area contributed by atoms with Gasteiger partial charge in [-0.2, -0.15) is 5.10 Å². The van der Waals surface area contributed by atoms with Gasteiger partial charge in [-0.15, -0.1) is 11.3 Å². The molecule has 0 aliphatic carbocycles. The van der Waals surface area contributed by atoms with Gasteiger partial charge in [0.25, 0.3) is 11.5 Å². The second-order valence-electron chi connectivity index (χ2n) is 8.49. The number of carbonyl (C=O) groups is 1. The number of carbonyl (C=O) groups excluding carboxylic acids is 1. The smallest absolute Gasteiger partial charge is 0.263 e. The molecule has 1 amide bonds. The van der Waals surface area contributed by atoms with Crippen molar-refractivity contribution in [3.63, 3.8) is 0 Å². The Bertz CT molecular complexity index is 1700. The van der Waals surface area contributed by atoms with E-state index in [-0.39, 0.29) is 12.1 Å². The van der Waals surface area contributed by atoms with Gasteiger partial charge in [0, 0.05) is 15.4 Å². The van der Waals surface area contributed by atoms with Gasteiger partial charge >= 0.3 is 0 Å². The van der Waals surface area contributed by atoms with E-state index >= 15 is 0 Å². The Morgan fingerprint density at radius 1 is 1.10 bits per heavy atom. The lowest BCUT2D eigenvalue weighted by molar-refractivity contribution is -0.121. The molecular weight excluding hydrogens is 580 g/mol. The van der Waals surface area contributed by atoms with E-state index in [1.807, 2.05) is 60.0 Å². The van der Waals surface area contributed by atoms with Gasteiger partial charge in [0.05, 0.1) is 25.0 Å². The lowest BCUT2D eigenvalue weighted by atomic mass is 10.1. The number of hydrazone groups is 1. The number of rotatable bonds is 9. The molecule has 1 N–H and O–H groups in total. The molecular formula is C29H23BrN4O4S. The highest BCUT2D eigenvalue weighted by Crippen LogP contribution is 2.30. The summed E-state index contributed by atoms with van der Waals surface area (Å²) in [4.78, 5) is 30.7. The number of aromatic nitrogens is 2. The molecule has 8 nitrogen and oxygen atoms in total. The summed E-state index contributed by atoms with van der Waals surface area (Å²) in [7, 11) is 1.56. The fraction of sp³-hybridized carbons (Fsp3) is 0.103. The van der Waals surface area contributed by atoms with Crippen LogP contribution in [0, 0.1) is 0 Å². The first kappa shape index (κ1) is 26.3. The van der Waals surface area contributed by atoms with Gasteiger partial charge in [-0.05, 0) is 47.0 Å². The van der Waals surface area contributed by atoms with E-state index in [0.717, 1.165) is 21.2 Å². The summed E-state index contributed by atoms with van der Waals surface area (Å²) in [6, 6.07) is 22.9. The number of hydrogen-bond donors (Lipinski definition) is 1. The van der Waals surface area contributed by atoms with Gasteiger partial charge in [0.15, 0.2) is 11.5 Å². The van der Waals surface area contributed by atoms with Crippen molar-refractivity contribution < 1.29 is 14.3 Å². The number of thiophene rings is 1. The van der Waals surface area contributed by atoms with E-state index in [1.165, 1.54) is 28.4 Å². The maximum Gasteiger partial charge on any atom is 0.263 e. The van der Waals surface area contributed by atoms with Gasteiger partial charge in [0.1, 0.15) is 18.0 Å². The number of methoxy groups -OCH3 is 1. The van der Waals surface area contributed by atoms with Gasteiger partial charge < -0.3 is 9.47 Å². The van der Waals surface area contributed by atoms with Gasteiger partial charge in [-0.1, -0.05) is 58.4 Å². The number of amides is 1. The zero-order chi connectivity index (χ0) is 27.2. The average Bonchev–Trinajstić information content (AvgIpc) is 3.40. The van der Waals surface area contributed by atoms with Crippen LogP contribution >= 0.6 is 27.3 Å². The third-order valence-corrected chi connectivity index (χ3v) is 7.27. The summed E-state index contributed by atoms with van der Waals surface area (Å²) in [5, 5.41) is 6.44. The van der Waals surface area contributed by atoms with Crippen molar-refractivity contribution in [2.24, 2.45) is 5.10 Å². The molecule has 2 heterocycles. The molecule has 0 aliphatic rings. The lowest BCUT2D eigenvalue weighted by Gasteiger charge is -2.11. The fourth-order valence-electron chi connectivity index (χ4n) is 3.90. The highest BCUT2D eigenvalue weighted by atomic mass is 79.9. The first-order chi connectivity index (χ1) is 19.0. The lowest BCUT2D eigenvalue weighted by Crippen LogP contribution is -2.30. The maximum atomic E-state index is 13.2. The van der Waals surface area contributed by atoms with Crippen LogP contribution in [0.4, 0.5) is 0 Å². The molecule has 0 fully saturated rings. The largest absolute Gasteiger partial charge is 0.493 e. The van der Waals surface area contributed by atoms with Crippen molar-refractivity contribution in [3.8, 4) is 22.6 Å². The Balaban J connectivity index is 1.23. The first-order valence-electron chi connectivity index (χ1n) is 11.9. The van der Waals surface area contributed by atoms with Crippen molar-refractivity contribution in [3.05, 3.63) is 110 Å². The van der Waals surface area contributed by atoms with Crippen molar-refractivity contribution in [1.29, 1.82) is 0 Å². The van der Waals surface area contributed by atoms with Crippen LogP contribution in [0.5, 0.6) is 11.5 Å². The van der Waals surface area contributed by atoms with Gasteiger partial charge in [-0.25, -0.2) is 10.4 Å². The standard InChI is InChI=1S/C29H23BrN4O4S/c1-37-25-13-20(9-12-24(25)38-16-19-7-10-22(30)11-8-19)14-32-33-26(35)15-34-18-31-28-27(29(34)36)23(17-39-28)21-5-3-2-4-6-21/h2-14,17-18H,15-16H2,1H3,(H,33,35)/b32-14+. The molecule has 2 aromatic heterocycles. The zero-order valence-corrected chi connectivity index (χ0v) is 23.2. The molecule has 196 valence electrons. The minimum atomic E-state index is -0.451. The number of nitrogens with zero attached hydrogens (tertiary/aromatic N) is 3. The summed E-state index contributed by atoms with van der Waals surface area (Å²) in [6.45, 7) is 0.181. The second kappa shape index (κ2) is 12.1. The highest BCUT2D eigenvalue weighted by Gasteiger charge is 2.14. The van der Waals surface area contributed by atoms with Crippen LogP contribution in [0.3, 0.4) is 0 Å². The summed E-state index contributed by atoms with van der Waals surface area (Å²) < 4.78 is 13.6. The van der Waals surface area contributed by atoms with E-state index in [0.29, 0.717) is 33.9 Å². The quantitative estimate of drug-likeness (QED) is 0.174. The Morgan fingerprint density at radius 2 is 1.90 bits per heavy atom. The summed E-state index contributed by atoms with van der Waals surface area (Å²) >= 11 is 4.82. The Hall–Kier alpha value is -4.28. The van der Waals surface area contributed by atoms with E-state index in [9.17, 15) is 9.59 Å². The second-order valence-corrected chi connectivity index (χ2v) is 10.3. The third-order valence-electron chi connectivity index (χ3n) is 5.86. The van der Waals surface area contributed by atoms with Crippen LogP contribution in [0.25, 0.3) is 21.3 Å². The Morgan fingerprint density at radius 3 is 2.67 bits per heavy atom. The fourth-order valence-corrected chi connectivity index (χ4v) is 5.08.